The van der Waals surface area contributed by atoms with Gasteiger partial charge in [-0.3, -0.25) is 0 Å². The Morgan fingerprint density at radius 3 is 2.82 bits per heavy atom. The molecule has 0 aromatic carbocycles. The molecule has 0 aliphatic heterocycles. The van der Waals surface area contributed by atoms with Crippen molar-refractivity contribution in [2.24, 2.45) is 0 Å². The molecule has 17 heavy (non-hydrogen) atoms. The van der Waals surface area contributed by atoms with Crippen molar-refractivity contribution in [1.29, 1.82) is 0 Å². The van der Waals surface area contributed by atoms with Crippen LogP contribution in [-0.4, -0.2) is 29.1 Å². The average molecular weight is 252 g/mol. The van der Waals surface area contributed by atoms with Gasteiger partial charge in [0, 0.05) is 24.8 Å². The topological polar surface area (TPSA) is 49.8 Å². The minimum atomic E-state index is 0.566. The third-order valence-corrected chi connectivity index (χ3v) is 3.69. The Kier molecular flexibility index (Phi) is 4.84. The Bertz CT molecular complexity index is 358. The monoisotopic (exact) mass is 252 g/mol. The normalized spacial score (nSPS) is 24.8. The van der Waals surface area contributed by atoms with E-state index in [1.165, 1.54) is 25.7 Å². The lowest BCUT2D eigenvalue weighted by Gasteiger charge is -2.32. The van der Waals surface area contributed by atoms with Gasteiger partial charge in [-0.1, -0.05) is 22.1 Å². The van der Waals surface area contributed by atoms with E-state index in [1.807, 2.05) is 12.3 Å². The van der Waals surface area contributed by atoms with Gasteiger partial charge in [0.2, 0.25) is 0 Å². The molecule has 3 unspecified atom stereocenters. The Labute approximate surface area is 105 Å². The second-order valence-corrected chi connectivity index (χ2v) is 5.09. The molecular weight excluding hydrogens is 231 g/mol. The molecule has 4 nitrogen and oxygen atoms in total. The van der Waals surface area contributed by atoms with Gasteiger partial charge in [0.15, 0.2) is 0 Å². The summed E-state index contributed by atoms with van der Waals surface area (Å²) in [6.45, 7) is 0.826. The average Bonchev–Trinajstić information content (AvgIpc) is 2.37. The molecule has 1 heterocycles. The van der Waals surface area contributed by atoms with Crippen LogP contribution in [0.2, 0.25) is 0 Å². The molecule has 0 bridgehead atoms. The summed E-state index contributed by atoms with van der Waals surface area (Å²) in [6, 6.07) is 3.13. The summed E-state index contributed by atoms with van der Waals surface area (Å²) in [5.74, 6) is 0. The zero-order valence-electron chi connectivity index (χ0n) is 10.3. The van der Waals surface area contributed by atoms with Gasteiger partial charge in [-0.15, -0.1) is 0 Å². The van der Waals surface area contributed by atoms with Crippen molar-refractivity contribution >= 4 is 14.8 Å². The number of nitrogens with zero attached hydrogens (tertiary/aromatic N) is 2. The minimum absolute atomic E-state index is 0.566. The largest absolute Gasteiger partial charge is 0.315 e. The van der Waals surface area contributed by atoms with E-state index in [9.17, 15) is 0 Å². The quantitative estimate of drug-likeness (QED) is 0.770. The van der Waals surface area contributed by atoms with Crippen molar-refractivity contribution in [3.8, 4) is 0 Å². The summed E-state index contributed by atoms with van der Waals surface area (Å²) < 4.78 is 0. The van der Waals surface area contributed by atoms with Gasteiger partial charge in [-0.25, -0.2) is 9.97 Å². The van der Waals surface area contributed by atoms with Crippen molar-refractivity contribution in [3.63, 3.8) is 0 Å². The van der Waals surface area contributed by atoms with Gasteiger partial charge < -0.3 is 10.6 Å². The van der Waals surface area contributed by atoms with Gasteiger partial charge >= 0.3 is 0 Å². The number of likely N-dealkylation sites (N-methyl/N-ethyl adjacent to an activating group) is 1. The van der Waals surface area contributed by atoms with Gasteiger partial charge in [-0.2, -0.15) is 0 Å². The molecule has 2 N–H and O–H groups in total. The number of hydrogen-bond donors (Lipinski definition) is 2. The van der Waals surface area contributed by atoms with Crippen molar-refractivity contribution in [3.05, 3.63) is 18.0 Å². The van der Waals surface area contributed by atoms with Crippen LogP contribution in [0.5, 0.6) is 0 Å². The van der Waals surface area contributed by atoms with Crippen molar-refractivity contribution in [2.75, 3.05) is 7.05 Å². The highest BCUT2D eigenvalue weighted by molar-refractivity contribution is 7.26. The maximum atomic E-state index is 4.38. The van der Waals surface area contributed by atoms with Crippen molar-refractivity contribution in [2.45, 2.75) is 44.3 Å². The molecule has 0 spiro atoms. The second kappa shape index (κ2) is 6.39. The minimum Gasteiger partial charge on any atom is -0.315 e. The highest BCUT2D eigenvalue weighted by Gasteiger charge is 2.22. The number of nitrogens with one attached hydrogen (secondary N) is 2. The van der Waals surface area contributed by atoms with Crippen LogP contribution in [0, 0.1) is 0 Å². The molecule has 1 aromatic heterocycles. The van der Waals surface area contributed by atoms with E-state index in [2.05, 4.69) is 36.9 Å². The fourth-order valence-corrected chi connectivity index (χ4v) is 2.72. The fraction of sp³-hybridized carbons (Fsp3) is 0.667. The Morgan fingerprint density at radius 2 is 2.12 bits per heavy atom. The molecule has 0 amide bonds. The van der Waals surface area contributed by atoms with Gasteiger partial charge in [0.05, 0.1) is 5.69 Å². The first-order chi connectivity index (χ1) is 8.29. The fourth-order valence-electron chi connectivity index (χ4n) is 2.47. The zero-order valence-corrected chi connectivity index (χ0v) is 11.5. The summed E-state index contributed by atoms with van der Waals surface area (Å²) in [5, 5.41) is 7.01. The lowest BCUT2D eigenvalue weighted by atomic mass is 9.90. The Morgan fingerprint density at radius 1 is 1.35 bits per heavy atom. The van der Waals surface area contributed by atoms with Crippen LogP contribution in [0.3, 0.4) is 0 Å². The molecule has 1 aliphatic carbocycles. The van der Waals surface area contributed by atoms with Crippen LogP contribution in [0.25, 0.3) is 0 Å². The maximum absolute atomic E-state index is 4.38. The lowest BCUT2D eigenvalue weighted by Crippen LogP contribution is -2.48. The van der Waals surface area contributed by atoms with Crippen LogP contribution < -0.4 is 16.2 Å². The molecule has 1 aliphatic rings. The summed E-state index contributed by atoms with van der Waals surface area (Å²) in [5.41, 5.74) is 1.82. The number of rotatable bonds is 4. The predicted octanol–water partition coefficient (Wildman–Crippen LogP) is 0.597. The number of hydrogen-bond acceptors (Lipinski definition) is 4. The molecule has 0 radical (unpaired) electrons. The van der Waals surface area contributed by atoms with E-state index in [-0.39, 0.29) is 0 Å². The molecule has 1 fully saturated rings. The number of aromatic nitrogens is 2. The van der Waals surface area contributed by atoms with E-state index in [1.54, 1.807) is 0 Å². The summed E-state index contributed by atoms with van der Waals surface area (Å²) in [6.07, 6.45) is 7.00. The van der Waals surface area contributed by atoms with Gasteiger partial charge in [0.1, 0.15) is 5.57 Å². The van der Waals surface area contributed by atoms with E-state index >= 15 is 0 Å². The molecule has 1 aromatic rings. The van der Waals surface area contributed by atoms with E-state index < -0.39 is 0 Å². The van der Waals surface area contributed by atoms with Gasteiger partial charge in [0.25, 0.3) is 0 Å². The Hall–Kier alpha value is -0.570. The van der Waals surface area contributed by atoms with Crippen LogP contribution in [0.15, 0.2) is 12.3 Å². The van der Waals surface area contributed by atoms with E-state index in [4.69, 9.17) is 0 Å². The van der Waals surface area contributed by atoms with E-state index in [0.717, 1.165) is 17.8 Å². The van der Waals surface area contributed by atoms with Crippen molar-refractivity contribution in [1.82, 2.24) is 20.6 Å². The smallest absolute Gasteiger partial charge is 0.144 e. The molecule has 94 valence electrons. The lowest BCUT2D eigenvalue weighted by molar-refractivity contribution is 0.294. The van der Waals surface area contributed by atoms with Gasteiger partial charge in [-0.05, 0) is 26.0 Å². The summed E-state index contributed by atoms with van der Waals surface area (Å²) in [7, 11) is 4.59. The maximum Gasteiger partial charge on any atom is 0.144 e. The second-order valence-electron chi connectivity index (χ2n) is 4.57. The van der Waals surface area contributed by atoms with Crippen LogP contribution in [0.1, 0.15) is 31.4 Å². The van der Waals surface area contributed by atoms with Crippen LogP contribution in [-0.2, 0) is 6.54 Å². The first-order valence-corrected chi connectivity index (χ1v) is 6.85. The third kappa shape index (κ3) is 3.70. The third-order valence-electron chi connectivity index (χ3n) is 3.41. The first-order valence-electron chi connectivity index (χ1n) is 6.27. The highest BCUT2D eigenvalue weighted by atomic mass is 31.0. The molecular formula is C12H21N4P. The molecule has 0 saturated heterocycles. The summed E-state index contributed by atoms with van der Waals surface area (Å²) in [4.78, 5) is 8.45. The zero-order chi connectivity index (χ0) is 12.1. The molecule has 3 atom stereocenters. The molecule has 2 rings (SSSR count). The summed E-state index contributed by atoms with van der Waals surface area (Å²) >= 11 is 0. The SMILES string of the molecule is CNC1CCCCC1NCc1ccnc(P)n1. The standard InChI is InChI=1S/C12H21N4P/c1-13-10-4-2-3-5-11(10)15-8-9-6-7-14-12(17)16-9/h6-7,10-11,13,15H,2-5,8,17H2,1H3. The first kappa shape index (κ1) is 12.9. The predicted molar refractivity (Wildman–Crippen MR) is 73.3 cm³/mol. The van der Waals surface area contributed by atoms with Crippen LogP contribution in [0.4, 0.5) is 0 Å². The Balaban J connectivity index is 1.88. The van der Waals surface area contributed by atoms with Crippen molar-refractivity contribution < 1.29 is 0 Å². The van der Waals surface area contributed by atoms with Crippen LogP contribution >= 0.6 is 9.24 Å². The molecule has 5 heteroatoms. The van der Waals surface area contributed by atoms with E-state index in [0.29, 0.717) is 12.1 Å². The molecule has 1 saturated carbocycles. The highest BCUT2D eigenvalue weighted by Crippen LogP contribution is 2.18.